The molecule has 1 aromatic heterocycles. The SMILES string of the molecule is COc1c(Cl)cc(C(F)F)nc1C(=O)O. The molecule has 1 rings (SSSR count). The van der Waals surface area contributed by atoms with Crippen molar-refractivity contribution >= 4 is 17.6 Å². The van der Waals surface area contributed by atoms with Gasteiger partial charge in [0.2, 0.25) is 0 Å². The molecule has 0 saturated carbocycles. The molecule has 0 aliphatic rings. The first kappa shape index (κ1) is 11.6. The average Bonchev–Trinajstić information content (AvgIpc) is 2.16. The summed E-state index contributed by atoms with van der Waals surface area (Å²) in [6.07, 6.45) is -2.88. The lowest BCUT2D eigenvalue weighted by atomic mass is 10.2. The molecule has 0 atom stereocenters. The Morgan fingerprint density at radius 2 is 2.27 bits per heavy atom. The molecular formula is C8H6ClF2NO3. The minimum Gasteiger partial charge on any atom is -0.493 e. The second kappa shape index (κ2) is 4.39. The Balaban J connectivity index is 3.38. The predicted molar refractivity (Wildman–Crippen MR) is 47.7 cm³/mol. The molecule has 0 aromatic carbocycles. The number of nitrogens with zero attached hydrogens (tertiary/aromatic N) is 1. The lowest BCUT2D eigenvalue weighted by Crippen LogP contribution is -2.07. The number of aromatic nitrogens is 1. The van der Waals surface area contributed by atoms with Gasteiger partial charge in [-0.1, -0.05) is 11.6 Å². The molecule has 7 heteroatoms. The summed E-state index contributed by atoms with van der Waals surface area (Å²) in [6, 6.07) is 0.873. The Labute approximate surface area is 88.4 Å². The molecule has 0 saturated heterocycles. The van der Waals surface area contributed by atoms with Crippen LogP contribution in [0.25, 0.3) is 0 Å². The van der Waals surface area contributed by atoms with E-state index in [0.29, 0.717) is 0 Å². The van der Waals surface area contributed by atoms with E-state index in [1.807, 2.05) is 0 Å². The summed E-state index contributed by atoms with van der Waals surface area (Å²) in [6.45, 7) is 0. The van der Waals surface area contributed by atoms with Crippen LogP contribution in [0.1, 0.15) is 22.6 Å². The number of ether oxygens (including phenoxy) is 1. The molecule has 0 radical (unpaired) electrons. The quantitative estimate of drug-likeness (QED) is 0.877. The fourth-order valence-electron chi connectivity index (χ4n) is 0.972. The number of pyridine rings is 1. The number of alkyl halides is 2. The smallest absolute Gasteiger partial charge is 0.358 e. The Morgan fingerprint density at radius 3 is 2.67 bits per heavy atom. The maximum Gasteiger partial charge on any atom is 0.358 e. The second-order valence-electron chi connectivity index (χ2n) is 2.52. The van der Waals surface area contributed by atoms with Crippen LogP contribution in [0.4, 0.5) is 8.78 Å². The van der Waals surface area contributed by atoms with Crippen molar-refractivity contribution < 1.29 is 23.4 Å². The number of aromatic carboxylic acids is 1. The molecule has 1 aromatic rings. The largest absolute Gasteiger partial charge is 0.493 e. The first-order valence-electron chi connectivity index (χ1n) is 3.73. The van der Waals surface area contributed by atoms with Gasteiger partial charge in [0.25, 0.3) is 6.43 Å². The van der Waals surface area contributed by atoms with Crippen molar-refractivity contribution in [3.63, 3.8) is 0 Å². The molecule has 1 heterocycles. The zero-order valence-corrected chi connectivity index (χ0v) is 8.26. The van der Waals surface area contributed by atoms with Gasteiger partial charge in [-0.05, 0) is 6.07 Å². The second-order valence-corrected chi connectivity index (χ2v) is 2.92. The van der Waals surface area contributed by atoms with E-state index in [-0.39, 0.29) is 10.8 Å². The summed E-state index contributed by atoms with van der Waals surface area (Å²) in [5, 5.41) is 8.47. The number of hydrogen-bond donors (Lipinski definition) is 1. The zero-order valence-electron chi connectivity index (χ0n) is 7.50. The maximum absolute atomic E-state index is 12.3. The number of rotatable bonds is 3. The van der Waals surface area contributed by atoms with Crippen molar-refractivity contribution in [1.82, 2.24) is 4.98 Å². The van der Waals surface area contributed by atoms with Gasteiger partial charge in [0.15, 0.2) is 11.4 Å². The number of hydrogen-bond acceptors (Lipinski definition) is 3. The summed E-state index contributed by atoms with van der Waals surface area (Å²) in [5.74, 6) is -1.70. The molecular weight excluding hydrogens is 232 g/mol. The molecule has 0 aliphatic heterocycles. The summed E-state index contributed by atoms with van der Waals surface area (Å²) < 4.78 is 29.2. The van der Waals surface area contributed by atoms with Crippen LogP contribution in [-0.2, 0) is 0 Å². The highest BCUT2D eigenvalue weighted by Crippen LogP contribution is 2.31. The van der Waals surface area contributed by atoms with Gasteiger partial charge in [-0.15, -0.1) is 0 Å². The van der Waals surface area contributed by atoms with Crippen LogP contribution in [0, 0.1) is 0 Å². The number of carbonyl (C=O) groups is 1. The first-order valence-corrected chi connectivity index (χ1v) is 4.11. The maximum atomic E-state index is 12.3. The third kappa shape index (κ3) is 2.33. The van der Waals surface area contributed by atoms with Crippen LogP contribution >= 0.6 is 11.6 Å². The number of methoxy groups -OCH3 is 1. The van der Waals surface area contributed by atoms with E-state index >= 15 is 0 Å². The molecule has 4 nitrogen and oxygen atoms in total. The van der Waals surface area contributed by atoms with Gasteiger partial charge in [-0.25, -0.2) is 18.6 Å². The molecule has 0 bridgehead atoms. The minimum atomic E-state index is -2.88. The predicted octanol–water partition coefficient (Wildman–Crippen LogP) is 2.38. The highest BCUT2D eigenvalue weighted by molar-refractivity contribution is 6.32. The normalized spacial score (nSPS) is 10.5. The average molecular weight is 238 g/mol. The van der Waals surface area contributed by atoms with E-state index in [0.717, 1.165) is 6.07 Å². The van der Waals surface area contributed by atoms with Crippen molar-refractivity contribution in [3.8, 4) is 5.75 Å². The molecule has 0 amide bonds. The van der Waals surface area contributed by atoms with Crippen LogP contribution in [-0.4, -0.2) is 23.2 Å². The van der Waals surface area contributed by atoms with Crippen LogP contribution in [0.2, 0.25) is 5.02 Å². The van der Waals surface area contributed by atoms with Gasteiger partial charge in [-0.2, -0.15) is 0 Å². The third-order valence-electron chi connectivity index (χ3n) is 1.58. The van der Waals surface area contributed by atoms with Crippen LogP contribution in [0.5, 0.6) is 5.75 Å². The highest BCUT2D eigenvalue weighted by Gasteiger charge is 2.21. The summed E-state index contributed by atoms with van der Waals surface area (Å²) in [4.78, 5) is 13.9. The number of carboxylic acid groups (broad SMARTS) is 1. The molecule has 15 heavy (non-hydrogen) atoms. The molecule has 82 valence electrons. The van der Waals surface area contributed by atoms with Crippen molar-refractivity contribution in [1.29, 1.82) is 0 Å². The lowest BCUT2D eigenvalue weighted by molar-refractivity contribution is 0.0684. The Kier molecular flexibility index (Phi) is 3.41. The van der Waals surface area contributed by atoms with E-state index in [2.05, 4.69) is 9.72 Å². The van der Waals surface area contributed by atoms with Gasteiger partial charge in [0.1, 0.15) is 5.69 Å². The van der Waals surface area contributed by atoms with E-state index in [1.54, 1.807) is 0 Å². The topological polar surface area (TPSA) is 59.4 Å². The van der Waals surface area contributed by atoms with Gasteiger partial charge >= 0.3 is 5.97 Å². The molecule has 0 aliphatic carbocycles. The summed E-state index contributed by atoms with van der Waals surface area (Å²) in [7, 11) is 1.18. The Bertz CT molecular complexity index is 398. The number of carboxylic acids is 1. The van der Waals surface area contributed by atoms with Crippen LogP contribution in [0.15, 0.2) is 6.07 Å². The standard InChI is InChI=1S/C8H6ClF2NO3/c1-15-6-3(9)2-4(7(10)11)12-5(6)8(13)14/h2,7H,1H3,(H,13,14). The van der Waals surface area contributed by atoms with Crippen molar-refractivity contribution in [3.05, 3.63) is 22.5 Å². The third-order valence-corrected chi connectivity index (χ3v) is 1.86. The fraction of sp³-hybridized carbons (Fsp3) is 0.250. The van der Waals surface area contributed by atoms with Crippen molar-refractivity contribution in [2.45, 2.75) is 6.43 Å². The number of halogens is 3. The van der Waals surface area contributed by atoms with Gasteiger partial charge in [0.05, 0.1) is 12.1 Å². The van der Waals surface area contributed by atoms with E-state index < -0.39 is 23.8 Å². The van der Waals surface area contributed by atoms with E-state index in [1.165, 1.54) is 7.11 Å². The first-order chi connectivity index (χ1) is 6.97. The van der Waals surface area contributed by atoms with Crippen molar-refractivity contribution in [2.75, 3.05) is 7.11 Å². The molecule has 1 N–H and O–H groups in total. The Morgan fingerprint density at radius 1 is 1.67 bits per heavy atom. The summed E-state index contributed by atoms with van der Waals surface area (Å²) in [5.41, 5.74) is -1.32. The van der Waals surface area contributed by atoms with Crippen molar-refractivity contribution in [2.24, 2.45) is 0 Å². The minimum absolute atomic E-state index is 0.208. The van der Waals surface area contributed by atoms with Gasteiger partial charge < -0.3 is 9.84 Å². The van der Waals surface area contributed by atoms with Crippen LogP contribution < -0.4 is 4.74 Å². The molecule has 0 unspecified atom stereocenters. The van der Waals surface area contributed by atoms with Crippen LogP contribution in [0.3, 0.4) is 0 Å². The summed E-state index contributed by atoms with van der Waals surface area (Å²) >= 11 is 5.56. The molecule has 0 fully saturated rings. The molecule has 0 spiro atoms. The monoisotopic (exact) mass is 237 g/mol. The van der Waals surface area contributed by atoms with E-state index in [9.17, 15) is 13.6 Å². The van der Waals surface area contributed by atoms with Gasteiger partial charge in [0, 0.05) is 0 Å². The zero-order chi connectivity index (χ0) is 11.6. The highest BCUT2D eigenvalue weighted by atomic mass is 35.5. The van der Waals surface area contributed by atoms with E-state index in [4.69, 9.17) is 16.7 Å². The Hall–Kier alpha value is -1.43. The fourth-order valence-corrected chi connectivity index (χ4v) is 1.25. The lowest BCUT2D eigenvalue weighted by Gasteiger charge is -2.08. The van der Waals surface area contributed by atoms with Gasteiger partial charge in [-0.3, -0.25) is 0 Å².